The lowest BCUT2D eigenvalue weighted by atomic mass is 10.1. The third kappa shape index (κ3) is 4.26. The van der Waals surface area contributed by atoms with Gasteiger partial charge in [-0.25, -0.2) is 0 Å². The van der Waals surface area contributed by atoms with Gasteiger partial charge in [0.2, 0.25) is 11.8 Å². The van der Waals surface area contributed by atoms with Crippen molar-refractivity contribution in [2.24, 2.45) is 5.92 Å². The topological polar surface area (TPSA) is 67.2 Å². The monoisotopic (exact) mass is 340 g/mol. The second kappa shape index (κ2) is 7.51. The van der Waals surface area contributed by atoms with Crippen LogP contribution in [0.5, 0.6) is 0 Å². The van der Waals surface area contributed by atoms with Gasteiger partial charge in [0.25, 0.3) is 0 Å². The summed E-state index contributed by atoms with van der Waals surface area (Å²) in [7, 11) is 0. The maximum Gasteiger partial charge on any atom is 0.225 e. The van der Waals surface area contributed by atoms with E-state index in [0.29, 0.717) is 19.6 Å². The summed E-state index contributed by atoms with van der Waals surface area (Å²) < 4.78 is 1.82. The SMILES string of the molecule is CCn1cc(CNC(=O)[C@@H]2CC(=O)N(Cc3ccc(C)cc3)C2)cn1. The molecule has 6 nitrogen and oxygen atoms in total. The number of hydrogen-bond donors (Lipinski definition) is 1. The van der Waals surface area contributed by atoms with Crippen molar-refractivity contribution < 1.29 is 9.59 Å². The van der Waals surface area contributed by atoms with Crippen LogP contribution in [0.1, 0.15) is 30.0 Å². The van der Waals surface area contributed by atoms with Crippen LogP contribution >= 0.6 is 0 Å². The first-order valence-corrected chi connectivity index (χ1v) is 8.67. The molecule has 2 heterocycles. The Morgan fingerprint density at radius 2 is 2.04 bits per heavy atom. The van der Waals surface area contributed by atoms with Gasteiger partial charge >= 0.3 is 0 Å². The lowest BCUT2D eigenvalue weighted by Crippen LogP contribution is -2.32. The molecule has 1 aromatic heterocycles. The molecular weight excluding hydrogens is 316 g/mol. The van der Waals surface area contributed by atoms with E-state index in [1.54, 1.807) is 11.1 Å². The molecule has 2 aromatic rings. The highest BCUT2D eigenvalue weighted by atomic mass is 16.2. The normalized spacial score (nSPS) is 17.1. The molecule has 0 aliphatic carbocycles. The highest BCUT2D eigenvalue weighted by molar-refractivity contribution is 5.89. The highest BCUT2D eigenvalue weighted by Gasteiger charge is 2.34. The molecule has 3 rings (SSSR count). The quantitative estimate of drug-likeness (QED) is 0.873. The molecule has 1 N–H and O–H groups in total. The number of rotatable bonds is 6. The second-order valence-corrected chi connectivity index (χ2v) is 6.58. The molecule has 1 aromatic carbocycles. The Morgan fingerprint density at radius 1 is 1.28 bits per heavy atom. The summed E-state index contributed by atoms with van der Waals surface area (Å²) in [6.45, 7) is 6.34. The third-order valence-corrected chi connectivity index (χ3v) is 4.56. The van der Waals surface area contributed by atoms with Crippen LogP contribution in [0, 0.1) is 12.8 Å². The maximum atomic E-state index is 12.4. The lowest BCUT2D eigenvalue weighted by Gasteiger charge is -2.16. The summed E-state index contributed by atoms with van der Waals surface area (Å²) in [4.78, 5) is 26.3. The number of likely N-dealkylation sites (tertiary alicyclic amines) is 1. The van der Waals surface area contributed by atoms with Crippen molar-refractivity contribution in [3.05, 3.63) is 53.3 Å². The van der Waals surface area contributed by atoms with Gasteiger partial charge < -0.3 is 10.2 Å². The molecule has 0 saturated carbocycles. The molecule has 1 fully saturated rings. The van der Waals surface area contributed by atoms with Crippen molar-refractivity contribution in [3.8, 4) is 0 Å². The largest absolute Gasteiger partial charge is 0.352 e. The zero-order valence-electron chi connectivity index (χ0n) is 14.7. The van der Waals surface area contributed by atoms with E-state index in [0.717, 1.165) is 17.7 Å². The van der Waals surface area contributed by atoms with Gasteiger partial charge in [-0.05, 0) is 19.4 Å². The molecule has 0 bridgehead atoms. The third-order valence-electron chi connectivity index (χ3n) is 4.56. The van der Waals surface area contributed by atoms with Crippen LogP contribution < -0.4 is 5.32 Å². The molecule has 1 saturated heterocycles. The molecule has 1 atom stereocenters. The van der Waals surface area contributed by atoms with Gasteiger partial charge in [0, 0.05) is 44.4 Å². The van der Waals surface area contributed by atoms with E-state index in [2.05, 4.69) is 10.4 Å². The summed E-state index contributed by atoms with van der Waals surface area (Å²) in [6.07, 6.45) is 3.96. The predicted molar refractivity (Wildman–Crippen MR) is 94.5 cm³/mol. The standard InChI is InChI=1S/C19H24N4O2/c1-3-23-12-16(10-21-23)9-20-19(25)17-8-18(24)22(13-17)11-15-6-4-14(2)5-7-15/h4-7,10,12,17H,3,8-9,11,13H2,1-2H3,(H,20,25)/t17-/m1/s1. The molecule has 0 radical (unpaired) electrons. The van der Waals surface area contributed by atoms with Crippen LogP contribution in [0.4, 0.5) is 0 Å². The number of benzene rings is 1. The van der Waals surface area contributed by atoms with E-state index in [4.69, 9.17) is 0 Å². The minimum absolute atomic E-state index is 0.0412. The van der Waals surface area contributed by atoms with Crippen molar-refractivity contribution in [3.63, 3.8) is 0 Å². The van der Waals surface area contributed by atoms with Crippen molar-refractivity contribution in [1.82, 2.24) is 20.0 Å². The van der Waals surface area contributed by atoms with Gasteiger partial charge in [0.15, 0.2) is 0 Å². The number of aromatic nitrogens is 2. The van der Waals surface area contributed by atoms with Crippen molar-refractivity contribution in [1.29, 1.82) is 0 Å². The summed E-state index contributed by atoms with van der Waals surface area (Å²) in [6, 6.07) is 8.13. The summed E-state index contributed by atoms with van der Waals surface area (Å²) in [5.41, 5.74) is 3.25. The average Bonchev–Trinajstić information content (AvgIpc) is 3.22. The van der Waals surface area contributed by atoms with E-state index in [9.17, 15) is 9.59 Å². The van der Waals surface area contributed by atoms with E-state index >= 15 is 0 Å². The average molecular weight is 340 g/mol. The van der Waals surface area contributed by atoms with Gasteiger partial charge in [-0.3, -0.25) is 14.3 Å². The molecule has 6 heteroatoms. The van der Waals surface area contributed by atoms with Gasteiger partial charge in [-0.2, -0.15) is 5.10 Å². The first-order valence-electron chi connectivity index (χ1n) is 8.67. The fraction of sp³-hybridized carbons (Fsp3) is 0.421. The van der Waals surface area contributed by atoms with Crippen molar-refractivity contribution >= 4 is 11.8 Å². The van der Waals surface area contributed by atoms with Crippen LogP contribution in [0.15, 0.2) is 36.7 Å². The van der Waals surface area contributed by atoms with Crippen LogP contribution in [0.3, 0.4) is 0 Å². The minimum atomic E-state index is -0.279. The number of nitrogens with zero attached hydrogens (tertiary/aromatic N) is 3. The minimum Gasteiger partial charge on any atom is -0.352 e. The van der Waals surface area contributed by atoms with E-state index in [1.165, 1.54) is 5.56 Å². The molecule has 1 aliphatic heterocycles. The molecule has 1 aliphatic rings. The van der Waals surface area contributed by atoms with E-state index in [1.807, 2.05) is 49.0 Å². The lowest BCUT2D eigenvalue weighted by molar-refractivity contribution is -0.129. The Balaban J connectivity index is 1.52. The molecule has 0 unspecified atom stereocenters. The van der Waals surface area contributed by atoms with Gasteiger partial charge in [-0.15, -0.1) is 0 Å². The fourth-order valence-corrected chi connectivity index (χ4v) is 3.02. The molecule has 0 spiro atoms. The van der Waals surface area contributed by atoms with Crippen LogP contribution in [-0.4, -0.2) is 33.0 Å². The Hall–Kier alpha value is -2.63. The number of amides is 2. The van der Waals surface area contributed by atoms with Crippen LogP contribution in [0.25, 0.3) is 0 Å². The summed E-state index contributed by atoms with van der Waals surface area (Å²) in [5.74, 6) is -0.303. The van der Waals surface area contributed by atoms with Gasteiger partial charge in [0.1, 0.15) is 0 Å². The fourth-order valence-electron chi connectivity index (χ4n) is 3.02. The van der Waals surface area contributed by atoms with Crippen LogP contribution in [0.2, 0.25) is 0 Å². The van der Waals surface area contributed by atoms with E-state index < -0.39 is 0 Å². The smallest absolute Gasteiger partial charge is 0.225 e. The van der Waals surface area contributed by atoms with Crippen molar-refractivity contribution in [2.45, 2.75) is 39.9 Å². The molecule has 25 heavy (non-hydrogen) atoms. The predicted octanol–water partition coefficient (Wildman–Crippen LogP) is 1.88. The summed E-state index contributed by atoms with van der Waals surface area (Å²) in [5, 5.41) is 7.11. The first-order chi connectivity index (χ1) is 12.0. The first kappa shape index (κ1) is 17.2. The number of hydrogen-bond acceptors (Lipinski definition) is 3. The Bertz CT molecular complexity index is 751. The summed E-state index contributed by atoms with van der Waals surface area (Å²) >= 11 is 0. The Labute approximate surface area is 147 Å². The maximum absolute atomic E-state index is 12.4. The van der Waals surface area contributed by atoms with E-state index in [-0.39, 0.29) is 24.2 Å². The Morgan fingerprint density at radius 3 is 2.72 bits per heavy atom. The Kier molecular flexibility index (Phi) is 5.16. The number of carbonyl (C=O) groups is 2. The zero-order valence-corrected chi connectivity index (χ0v) is 14.7. The molecular formula is C19H24N4O2. The number of nitrogens with one attached hydrogen (secondary N) is 1. The number of aryl methyl sites for hydroxylation is 2. The number of carbonyl (C=O) groups excluding carboxylic acids is 2. The van der Waals surface area contributed by atoms with Gasteiger partial charge in [0.05, 0.1) is 12.1 Å². The highest BCUT2D eigenvalue weighted by Crippen LogP contribution is 2.20. The zero-order chi connectivity index (χ0) is 17.8. The van der Waals surface area contributed by atoms with Gasteiger partial charge in [-0.1, -0.05) is 29.8 Å². The second-order valence-electron chi connectivity index (χ2n) is 6.58. The molecule has 2 amide bonds. The van der Waals surface area contributed by atoms with Crippen molar-refractivity contribution in [2.75, 3.05) is 6.54 Å². The van der Waals surface area contributed by atoms with Crippen LogP contribution in [-0.2, 0) is 29.2 Å². The molecule has 132 valence electrons.